The number of hydrogen-bond acceptors (Lipinski definition) is 5. The van der Waals surface area contributed by atoms with E-state index in [4.69, 9.17) is 9.47 Å². The molecule has 176 valence electrons. The highest BCUT2D eigenvalue weighted by Gasteiger charge is 2.47. The molecule has 1 heterocycles. The zero-order chi connectivity index (χ0) is 24.0. The maximum atomic E-state index is 13.3. The normalized spacial score (nSPS) is 18.5. The van der Waals surface area contributed by atoms with Gasteiger partial charge in [-0.05, 0) is 43.5 Å². The summed E-state index contributed by atoms with van der Waals surface area (Å²) in [5.41, 5.74) is 3.16. The van der Waals surface area contributed by atoms with E-state index < -0.39 is 18.2 Å². The van der Waals surface area contributed by atoms with Crippen LogP contribution in [0.25, 0.3) is 0 Å². The third-order valence-electron chi connectivity index (χ3n) is 5.60. The molecule has 0 saturated carbocycles. The van der Waals surface area contributed by atoms with Gasteiger partial charge in [0.25, 0.3) is 0 Å². The molecule has 0 bridgehead atoms. The number of hydrogen-bond donors (Lipinski definition) is 2. The Morgan fingerprint density at radius 1 is 1.18 bits per heavy atom. The summed E-state index contributed by atoms with van der Waals surface area (Å²) in [5, 5.41) is 5.72. The first-order chi connectivity index (χ1) is 15.8. The summed E-state index contributed by atoms with van der Waals surface area (Å²) in [6.07, 6.45) is -0.610. The molecule has 2 N–H and O–H groups in total. The molecule has 1 aliphatic rings. The second-order valence-corrected chi connectivity index (χ2v) is 8.29. The lowest BCUT2D eigenvalue weighted by Crippen LogP contribution is -2.48. The maximum absolute atomic E-state index is 13.3. The molecule has 3 amide bonds. The number of aryl methyl sites for hydroxylation is 1. The maximum Gasteiger partial charge on any atom is 0.411 e. The lowest BCUT2D eigenvalue weighted by molar-refractivity contribution is -0.127. The van der Waals surface area contributed by atoms with E-state index in [9.17, 15) is 14.4 Å². The van der Waals surface area contributed by atoms with Crippen molar-refractivity contribution >= 4 is 23.6 Å². The van der Waals surface area contributed by atoms with Crippen LogP contribution >= 0.6 is 0 Å². The van der Waals surface area contributed by atoms with Gasteiger partial charge in [-0.2, -0.15) is 0 Å². The van der Waals surface area contributed by atoms with Gasteiger partial charge in [-0.1, -0.05) is 48.9 Å². The van der Waals surface area contributed by atoms with Gasteiger partial charge in [-0.15, -0.1) is 0 Å². The molecule has 2 aromatic carbocycles. The standard InChI is InChI=1S/C25H31N3O5/c1-5-17(3)26-24(30)22-23(19-7-6-8-20(13-19)27-21(29)15-32-4)33-25(31)28(22)14-18-11-9-16(2)10-12-18/h6-13,17,22-23H,5,14-15H2,1-4H3,(H,26,30)(H,27,29)/t17-,22+,23+/m0/s1. The number of carbonyl (C=O) groups excluding carboxylic acids is 3. The molecule has 3 rings (SSSR count). The molecular formula is C25H31N3O5. The predicted molar refractivity (Wildman–Crippen MR) is 125 cm³/mol. The quantitative estimate of drug-likeness (QED) is 0.605. The van der Waals surface area contributed by atoms with Gasteiger partial charge in [-0.3, -0.25) is 14.5 Å². The largest absolute Gasteiger partial charge is 0.438 e. The van der Waals surface area contributed by atoms with Crippen LogP contribution in [0.3, 0.4) is 0 Å². The summed E-state index contributed by atoms with van der Waals surface area (Å²) in [7, 11) is 1.44. The van der Waals surface area contributed by atoms with Crippen molar-refractivity contribution < 1.29 is 23.9 Å². The number of carbonyl (C=O) groups is 3. The molecule has 1 fully saturated rings. The van der Waals surface area contributed by atoms with Crippen LogP contribution in [0.1, 0.15) is 43.1 Å². The molecule has 0 radical (unpaired) electrons. The molecule has 0 unspecified atom stereocenters. The summed E-state index contributed by atoms with van der Waals surface area (Å²) in [4.78, 5) is 39.5. The molecule has 0 spiro atoms. The number of nitrogens with zero attached hydrogens (tertiary/aromatic N) is 1. The van der Waals surface area contributed by atoms with E-state index in [1.165, 1.54) is 12.0 Å². The van der Waals surface area contributed by atoms with E-state index in [1.807, 2.05) is 45.0 Å². The summed E-state index contributed by atoms with van der Waals surface area (Å²) in [6, 6.07) is 13.9. The van der Waals surface area contributed by atoms with E-state index in [1.54, 1.807) is 24.3 Å². The Balaban J connectivity index is 1.90. The Bertz CT molecular complexity index is 992. The Labute approximate surface area is 194 Å². The molecule has 33 heavy (non-hydrogen) atoms. The minimum absolute atomic E-state index is 0.0465. The van der Waals surface area contributed by atoms with Gasteiger partial charge in [0.1, 0.15) is 6.61 Å². The summed E-state index contributed by atoms with van der Waals surface area (Å²) in [6.45, 7) is 6.06. The Morgan fingerprint density at radius 2 is 1.91 bits per heavy atom. The molecule has 1 saturated heterocycles. The lowest BCUT2D eigenvalue weighted by Gasteiger charge is -2.26. The van der Waals surface area contributed by atoms with E-state index in [0.29, 0.717) is 11.3 Å². The number of benzene rings is 2. The zero-order valence-corrected chi connectivity index (χ0v) is 19.5. The highest BCUT2D eigenvalue weighted by molar-refractivity contribution is 5.92. The van der Waals surface area contributed by atoms with Crippen molar-refractivity contribution in [2.45, 2.75) is 51.9 Å². The van der Waals surface area contributed by atoms with Crippen LogP contribution in [0, 0.1) is 6.92 Å². The average molecular weight is 454 g/mol. The van der Waals surface area contributed by atoms with Crippen LogP contribution in [0.2, 0.25) is 0 Å². The van der Waals surface area contributed by atoms with E-state index in [-0.39, 0.29) is 31.0 Å². The van der Waals surface area contributed by atoms with Gasteiger partial charge in [0.05, 0.1) is 6.54 Å². The minimum atomic E-state index is -0.849. The van der Waals surface area contributed by atoms with Crippen molar-refractivity contribution in [2.24, 2.45) is 0 Å². The minimum Gasteiger partial charge on any atom is -0.438 e. The summed E-state index contributed by atoms with van der Waals surface area (Å²) >= 11 is 0. The Kier molecular flexibility index (Phi) is 8.06. The fourth-order valence-corrected chi connectivity index (χ4v) is 3.65. The van der Waals surface area contributed by atoms with Crippen molar-refractivity contribution in [1.29, 1.82) is 0 Å². The van der Waals surface area contributed by atoms with E-state index in [0.717, 1.165) is 17.5 Å². The molecular weight excluding hydrogens is 422 g/mol. The van der Waals surface area contributed by atoms with Gasteiger partial charge in [-0.25, -0.2) is 4.79 Å². The van der Waals surface area contributed by atoms with Crippen LogP contribution in [-0.4, -0.2) is 48.6 Å². The molecule has 2 aromatic rings. The van der Waals surface area contributed by atoms with Gasteiger partial charge in [0.15, 0.2) is 12.1 Å². The van der Waals surface area contributed by atoms with Gasteiger partial charge < -0.3 is 20.1 Å². The van der Waals surface area contributed by atoms with Gasteiger partial charge >= 0.3 is 6.09 Å². The second kappa shape index (κ2) is 11.0. The third-order valence-corrected chi connectivity index (χ3v) is 5.60. The topological polar surface area (TPSA) is 97.0 Å². The molecule has 0 aliphatic carbocycles. The van der Waals surface area contributed by atoms with Crippen molar-refractivity contribution in [2.75, 3.05) is 19.0 Å². The van der Waals surface area contributed by atoms with Crippen LogP contribution in [0.5, 0.6) is 0 Å². The molecule has 3 atom stereocenters. The highest BCUT2D eigenvalue weighted by atomic mass is 16.6. The number of ether oxygens (including phenoxy) is 2. The molecule has 1 aliphatic heterocycles. The first-order valence-electron chi connectivity index (χ1n) is 11.0. The van der Waals surface area contributed by atoms with Crippen LogP contribution in [0.15, 0.2) is 48.5 Å². The first kappa shape index (κ1) is 24.3. The fourth-order valence-electron chi connectivity index (χ4n) is 3.65. The van der Waals surface area contributed by atoms with Crippen LogP contribution in [-0.2, 0) is 25.6 Å². The van der Waals surface area contributed by atoms with Crippen molar-refractivity contribution in [1.82, 2.24) is 10.2 Å². The molecule has 0 aromatic heterocycles. The summed E-state index contributed by atoms with van der Waals surface area (Å²) < 4.78 is 10.6. The smallest absolute Gasteiger partial charge is 0.411 e. The fraction of sp³-hybridized carbons (Fsp3) is 0.400. The van der Waals surface area contributed by atoms with Gasteiger partial charge in [0.2, 0.25) is 11.8 Å². The number of anilines is 1. The SMILES string of the molecule is CC[C@H](C)NC(=O)[C@H]1[C@@H](c2cccc(NC(=O)COC)c2)OC(=O)N1Cc1ccc(C)cc1. The molecule has 8 heteroatoms. The number of methoxy groups -OCH3 is 1. The van der Waals surface area contributed by atoms with Crippen LogP contribution in [0.4, 0.5) is 10.5 Å². The second-order valence-electron chi connectivity index (χ2n) is 8.29. The van der Waals surface area contributed by atoms with E-state index >= 15 is 0 Å². The van der Waals surface area contributed by atoms with Crippen molar-refractivity contribution in [3.8, 4) is 0 Å². The van der Waals surface area contributed by atoms with Crippen molar-refractivity contribution in [3.05, 3.63) is 65.2 Å². The van der Waals surface area contributed by atoms with E-state index in [2.05, 4.69) is 10.6 Å². The highest BCUT2D eigenvalue weighted by Crippen LogP contribution is 2.35. The Morgan fingerprint density at radius 3 is 2.58 bits per heavy atom. The average Bonchev–Trinajstić information content (AvgIpc) is 3.11. The summed E-state index contributed by atoms with van der Waals surface area (Å²) in [5.74, 6) is -0.578. The third kappa shape index (κ3) is 6.10. The van der Waals surface area contributed by atoms with Gasteiger partial charge in [0, 0.05) is 18.8 Å². The predicted octanol–water partition coefficient (Wildman–Crippen LogP) is 3.56. The Hall–Kier alpha value is -3.39. The number of rotatable bonds is 9. The number of amides is 3. The monoisotopic (exact) mass is 453 g/mol. The zero-order valence-electron chi connectivity index (χ0n) is 19.5. The van der Waals surface area contributed by atoms with Crippen LogP contribution < -0.4 is 10.6 Å². The number of nitrogens with one attached hydrogen (secondary N) is 2. The first-order valence-corrected chi connectivity index (χ1v) is 11.0. The molecule has 8 nitrogen and oxygen atoms in total. The lowest BCUT2D eigenvalue weighted by atomic mass is 9.99. The number of cyclic esters (lactones) is 1. The van der Waals surface area contributed by atoms with Crippen molar-refractivity contribution in [3.63, 3.8) is 0 Å².